The number of halogens is 1. The van der Waals surface area contributed by atoms with Crippen molar-refractivity contribution in [3.8, 4) is 5.75 Å². The van der Waals surface area contributed by atoms with Crippen LogP contribution in [0.15, 0.2) is 36.9 Å². The van der Waals surface area contributed by atoms with E-state index in [1.807, 2.05) is 6.92 Å². The molecule has 1 heterocycles. The second-order valence-electron chi connectivity index (χ2n) is 9.00. The van der Waals surface area contributed by atoms with Crippen LogP contribution in [0, 0.1) is 5.41 Å². The van der Waals surface area contributed by atoms with Crippen LogP contribution in [0.3, 0.4) is 0 Å². The van der Waals surface area contributed by atoms with Gasteiger partial charge in [-0.15, -0.1) is 0 Å². The second-order valence-corrected chi connectivity index (χ2v) is 9.43. The van der Waals surface area contributed by atoms with E-state index in [1.165, 1.54) is 12.1 Å². The molecule has 0 aliphatic carbocycles. The third kappa shape index (κ3) is 7.76. The van der Waals surface area contributed by atoms with Crippen LogP contribution in [0.5, 0.6) is 5.75 Å². The highest BCUT2D eigenvalue weighted by atomic mass is 35.5. The van der Waals surface area contributed by atoms with E-state index in [1.54, 1.807) is 39.8 Å². The van der Waals surface area contributed by atoms with Crippen molar-refractivity contribution in [3.63, 3.8) is 0 Å². The smallest absolute Gasteiger partial charge is 0.376 e. The van der Waals surface area contributed by atoms with Crippen LogP contribution >= 0.6 is 11.6 Å². The predicted octanol–water partition coefficient (Wildman–Crippen LogP) is 4.04. The van der Waals surface area contributed by atoms with Gasteiger partial charge in [-0.2, -0.15) is 9.78 Å². The Morgan fingerprint density at radius 1 is 1.03 bits per heavy atom. The van der Waals surface area contributed by atoms with Crippen LogP contribution in [-0.2, 0) is 29.8 Å². The second kappa shape index (κ2) is 12.8. The number of aromatic nitrogens is 3. The van der Waals surface area contributed by atoms with Gasteiger partial charge in [0.2, 0.25) is 5.78 Å². The highest BCUT2D eigenvalue weighted by Gasteiger charge is 2.51. The molecule has 0 bridgehead atoms. The number of carbonyl (C=O) groups is 3. The molecule has 3 atom stereocenters. The molecule has 0 aliphatic heterocycles. The Kier molecular flexibility index (Phi) is 10.4. The molecule has 0 saturated carbocycles. The molecule has 2 rings (SSSR count). The highest BCUT2D eigenvalue weighted by molar-refractivity contribution is 6.30. The van der Waals surface area contributed by atoms with Crippen LogP contribution in [-0.4, -0.2) is 49.8 Å². The fourth-order valence-corrected chi connectivity index (χ4v) is 3.76. The van der Waals surface area contributed by atoms with E-state index in [2.05, 4.69) is 10.1 Å². The van der Waals surface area contributed by atoms with E-state index in [0.29, 0.717) is 11.4 Å². The fourth-order valence-electron chi connectivity index (χ4n) is 3.63. The van der Waals surface area contributed by atoms with Crippen LogP contribution < -0.4 is 4.74 Å². The number of carbonyl (C=O) groups excluding carboxylic acids is 3. The third-order valence-corrected chi connectivity index (χ3v) is 5.86. The lowest BCUT2D eigenvalue weighted by Crippen LogP contribution is -2.54. The molecule has 36 heavy (non-hydrogen) atoms. The van der Waals surface area contributed by atoms with Gasteiger partial charge in [-0.3, -0.25) is 14.4 Å². The molecule has 3 unspecified atom stereocenters. The Morgan fingerprint density at radius 2 is 1.61 bits per heavy atom. The SMILES string of the molecule is CCC(=O)OC(CC)CC(CC(C)(C)C(=O)C(O)(Oc1ccc(Cl)cc1)n1cncn1)OC(=O)CC. The number of aliphatic hydroxyl groups is 1. The highest BCUT2D eigenvalue weighted by Crippen LogP contribution is 2.35. The molecule has 1 N–H and O–H groups in total. The van der Waals surface area contributed by atoms with Crippen molar-refractivity contribution >= 4 is 29.3 Å². The fraction of sp³-hybridized carbons (Fsp3) is 0.560. The summed E-state index contributed by atoms with van der Waals surface area (Å²) in [6.45, 7) is 8.42. The van der Waals surface area contributed by atoms with E-state index in [-0.39, 0.29) is 37.4 Å². The van der Waals surface area contributed by atoms with E-state index in [0.717, 1.165) is 17.3 Å². The quantitative estimate of drug-likeness (QED) is 0.288. The van der Waals surface area contributed by atoms with Gasteiger partial charge in [0.15, 0.2) is 0 Å². The van der Waals surface area contributed by atoms with Crippen molar-refractivity contribution in [2.75, 3.05) is 0 Å². The van der Waals surface area contributed by atoms with Gasteiger partial charge in [-0.25, -0.2) is 4.98 Å². The summed E-state index contributed by atoms with van der Waals surface area (Å²) in [7, 11) is 0. The van der Waals surface area contributed by atoms with Crippen molar-refractivity contribution in [2.24, 2.45) is 5.41 Å². The monoisotopic (exact) mass is 523 g/mol. The number of nitrogens with zero attached hydrogens (tertiary/aromatic N) is 3. The van der Waals surface area contributed by atoms with Gasteiger partial charge < -0.3 is 19.3 Å². The van der Waals surface area contributed by atoms with E-state index in [4.69, 9.17) is 25.8 Å². The maximum Gasteiger partial charge on any atom is 0.376 e. The van der Waals surface area contributed by atoms with Crippen molar-refractivity contribution in [1.29, 1.82) is 0 Å². The lowest BCUT2D eigenvalue weighted by Gasteiger charge is -2.36. The largest absolute Gasteiger partial charge is 0.462 e. The number of benzene rings is 1. The van der Waals surface area contributed by atoms with Crippen molar-refractivity contribution in [3.05, 3.63) is 41.9 Å². The number of hydrogen-bond acceptors (Lipinski definition) is 9. The van der Waals surface area contributed by atoms with E-state index < -0.39 is 35.3 Å². The van der Waals surface area contributed by atoms with Gasteiger partial charge in [0.1, 0.15) is 30.6 Å². The summed E-state index contributed by atoms with van der Waals surface area (Å²) in [6, 6.07) is 6.11. The first-order chi connectivity index (χ1) is 16.9. The molecular formula is C25H34ClN3O7. The first kappa shape index (κ1) is 29.3. The maximum atomic E-state index is 13.8. The first-order valence-corrected chi connectivity index (χ1v) is 12.3. The number of esters is 2. The van der Waals surface area contributed by atoms with Gasteiger partial charge in [0.05, 0.1) is 0 Å². The zero-order valence-corrected chi connectivity index (χ0v) is 22.0. The Hall–Kier alpha value is -2.98. The average molecular weight is 524 g/mol. The molecule has 0 radical (unpaired) electrons. The van der Waals surface area contributed by atoms with Gasteiger partial charge in [0.25, 0.3) is 0 Å². The molecule has 10 nitrogen and oxygen atoms in total. The summed E-state index contributed by atoms with van der Waals surface area (Å²) in [5.74, 6) is -3.94. The standard InChI is InChI=1S/C25H34ClN3O7/c1-6-18(34-21(30)7-2)13-20(35-22(31)8-3)14-24(4,5)23(32)25(33,29-16-27-15-28-29)36-19-11-9-17(26)10-12-19/h9-12,15-16,18,20,33H,6-8,13-14H2,1-5H3. The van der Waals surface area contributed by atoms with Crippen molar-refractivity contribution in [1.82, 2.24) is 14.8 Å². The lowest BCUT2D eigenvalue weighted by molar-refractivity contribution is -0.221. The first-order valence-electron chi connectivity index (χ1n) is 11.9. The third-order valence-electron chi connectivity index (χ3n) is 5.61. The van der Waals surface area contributed by atoms with Crippen molar-refractivity contribution in [2.45, 2.75) is 84.8 Å². The Labute approximate surface area is 215 Å². The van der Waals surface area contributed by atoms with Gasteiger partial charge in [-0.05, 0) is 37.1 Å². The molecule has 11 heteroatoms. The average Bonchev–Trinajstić information content (AvgIpc) is 3.39. The van der Waals surface area contributed by atoms with E-state index in [9.17, 15) is 19.5 Å². The summed E-state index contributed by atoms with van der Waals surface area (Å²) in [5.41, 5.74) is -1.28. The van der Waals surface area contributed by atoms with Gasteiger partial charge in [-0.1, -0.05) is 46.2 Å². The van der Waals surface area contributed by atoms with Crippen molar-refractivity contribution < 1.29 is 33.7 Å². The summed E-state index contributed by atoms with van der Waals surface area (Å²) in [5, 5.41) is 15.9. The molecule has 0 aliphatic rings. The molecular weight excluding hydrogens is 490 g/mol. The Balaban J connectivity index is 2.34. The minimum absolute atomic E-state index is 0.0265. The summed E-state index contributed by atoms with van der Waals surface area (Å²) >= 11 is 5.94. The van der Waals surface area contributed by atoms with Crippen LogP contribution in [0.4, 0.5) is 0 Å². The molecule has 0 fully saturated rings. The molecule has 0 amide bonds. The zero-order chi connectivity index (χ0) is 26.9. The molecule has 2 aromatic rings. The summed E-state index contributed by atoms with van der Waals surface area (Å²) < 4.78 is 17.7. The normalized spacial score (nSPS) is 14.9. The number of hydrogen-bond donors (Lipinski definition) is 1. The van der Waals surface area contributed by atoms with Gasteiger partial charge >= 0.3 is 17.8 Å². The number of Topliss-reactive ketones (excluding diaryl/α,β-unsaturated/α-hetero) is 1. The Bertz CT molecular complexity index is 1010. The number of rotatable bonds is 14. The molecule has 1 aromatic heterocycles. The predicted molar refractivity (Wildman–Crippen MR) is 131 cm³/mol. The number of ketones is 1. The molecule has 0 spiro atoms. The topological polar surface area (TPSA) is 130 Å². The minimum Gasteiger partial charge on any atom is -0.462 e. The molecule has 0 saturated heterocycles. The van der Waals surface area contributed by atoms with Gasteiger partial charge in [0, 0.05) is 29.7 Å². The number of ether oxygens (including phenoxy) is 3. The zero-order valence-electron chi connectivity index (χ0n) is 21.3. The molecule has 198 valence electrons. The van der Waals surface area contributed by atoms with Crippen LogP contribution in [0.1, 0.15) is 66.7 Å². The minimum atomic E-state index is -2.55. The molecule has 1 aromatic carbocycles. The van der Waals surface area contributed by atoms with Crippen LogP contribution in [0.2, 0.25) is 5.02 Å². The summed E-state index contributed by atoms with van der Waals surface area (Å²) in [6.07, 6.45) is 2.14. The van der Waals surface area contributed by atoms with E-state index >= 15 is 0 Å². The van der Waals surface area contributed by atoms with Crippen LogP contribution in [0.25, 0.3) is 0 Å². The maximum absolute atomic E-state index is 13.8. The lowest BCUT2D eigenvalue weighted by atomic mass is 9.79. The summed E-state index contributed by atoms with van der Waals surface area (Å²) in [4.78, 5) is 41.6. The Morgan fingerprint density at radius 3 is 2.11 bits per heavy atom.